The highest BCUT2D eigenvalue weighted by molar-refractivity contribution is 7.99. The number of nitrogens with one attached hydrogen (secondary N) is 1. The highest BCUT2D eigenvalue weighted by atomic mass is 35.5. The summed E-state index contributed by atoms with van der Waals surface area (Å²) >= 11 is 7.91. The van der Waals surface area contributed by atoms with E-state index >= 15 is 0 Å². The van der Waals surface area contributed by atoms with Crippen LogP contribution in [0.4, 0.5) is 0 Å². The van der Waals surface area contributed by atoms with Crippen LogP contribution in [0.3, 0.4) is 0 Å². The lowest BCUT2D eigenvalue weighted by Crippen LogP contribution is -2.34. The first-order valence-corrected chi connectivity index (χ1v) is 8.39. The highest BCUT2D eigenvalue weighted by Crippen LogP contribution is 2.17. The topological polar surface area (TPSA) is 49.3 Å². The fourth-order valence-electron chi connectivity index (χ4n) is 1.61. The predicted octanol–water partition coefficient (Wildman–Crippen LogP) is 2.95. The van der Waals surface area contributed by atoms with E-state index in [0.717, 1.165) is 11.5 Å². The molecule has 1 aromatic carbocycles. The fourth-order valence-corrected chi connectivity index (χ4v) is 2.52. The van der Waals surface area contributed by atoms with Gasteiger partial charge < -0.3 is 10.4 Å². The molecule has 0 fully saturated rings. The Hall–Kier alpha value is -1.15. The molecule has 0 saturated heterocycles. The second kappa shape index (κ2) is 9.73. The van der Waals surface area contributed by atoms with Crippen LogP contribution in [0.2, 0.25) is 5.02 Å². The van der Waals surface area contributed by atoms with E-state index in [0.29, 0.717) is 22.6 Å². The van der Waals surface area contributed by atoms with Gasteiger partial charge in [0.2, 0.25) is 0 Å². The monoisotopic (exact) mass is 325 g/mol. The third kappa shape index (κ3) is 6.43. The van der Waals surface area contributed by atoms with Gasteiger partial charge >= 0.3 is 0 Å². The van der Waals surface area contributed by atoms with Crippen LogP contribution in [0.15, 0.2) is 18.2 Å². The van der Waals surface area contributed by atoms with Gasteiger partial charge in [0, 0.05) is 29.3 Å². The Morgan fingerprint density at radius 2 is 2.29 bits per heavy atom. The maximum atomic E-state index is 12.1. The van der Waals surface area contributed by atoms with Crippen LogP contribution in [0, 0.1) is 11.8 Å². The largest absolute Gasteiger partial charge is 0.395 e. The number of aliphatic hydroxyl groups is 1. The first-order chi connectivity index (χ1) is 10.1. The zero-order valence-electron chi connectivity index (χ0n) is 12.3. The zero-order valence-corrected chi connectivity index (χ0v) is 13.9. The average molecular weight is 326 g/mol. The molecule has 114 valence electrons. The maximum Gasteiger partial charge on any atom is 0.251 e. The summed E-state index contributed by atoms with van der Waals surface area (Å²) in [6.45, 7) is 4.10. The van der Waals surface area contributed by atoms with Gasteiger partial charge in [0.05, 0.1) is 11.6 Å². The number of rotatable bonds is 6. The van der Waals surface area contributed by atoms with Crippen molar-refractivity contribution in [2.24, 2.45) is 0 Å². The Bertz CT molecular complexity index is 537. The molecule has 5 heteroatoms. The predicted molar refractivity (Wildman–Crippen MR) is 90.0 cm³/mol. The molecule has 1 rings (SSSR count). The minimum Gasteiger partial charge on any atom is -0.395 e. The maximum absolute atomic E-state index is 12.1. The molecule has 1 unspecified atom stereocenters. The van der Waals surface area contributed by atoms with E-state index in [1.54, 1.807) is 30.0 Å². The van der Waals surface area contributed by atoms with Gasteiger partial charge in [0.1, 0.15) is 0 Å². The van der Waals surface area contributed by atoms with Gasteiger partial charge in [-0.2, -0.15) is 11.8 Å². The van der Waals surface area contributed by atoms with Crippen molar-refractivity contribution in [1.82, 2.24) is 5.32 Å². The molecule has 3 nitrogen and oxygen atoms in total. The van der Waals surface area contributed by atoms with Gasteiger partial charge in [0.25, 0.3) is 5.91 Å². The first-order valence-electron chi connectivity index (χ1n) is 6.86. The molecule has 21 heavy (non-hydrogen) atoms. The summed E-state index contributed by atoms with van der Waals surface area (Å²) in [5, 5.41) is 12.1. The molecule has 0 aliphatic rings. The molecule has 0 aromatic heterocycles. The molecular weight excluding hydrogens is 306 g/mol. The van der Waals surface area contributed by atoms with Crippen molar-refractivity contribution in [2.45, 2.75) is 26.3 Å². The van der Waals surface area contributed by atoms with Crippen LogP contribution in [0.1, 0.15) is 36.2 Å². The van der Waals surface area contributed by atoms with Crippen LogP contribution >= 0.6 is 23.4 Å². The lowest BCUT2D eigenvalue weighted by molar-refractivity contribution is 0.0944. The Morgan fingerprint density at radius 1 is 1.52 bits per heavy atom. The van der Waals surface area contributed by atoms with Crippen molar-refractivity contribution in [3.05, 3.63) is 34.3 Å². The van der Waals surface area contributed by atoms with E-state index in [1.165, 1.54) is 0 Å². The SMILES string of the molecule is CCSCC(C)NC(=O)c1ccc(C#CCCO)c(Cl)c1. The molecule has 2 N–H and O–H groups in total. The summed E-state index contributed by atoms with van der Waals surface area (Å²) < 4.78 is 0. The van der Waals surface area contributed by atoms with Crippen LogP contribution in [0.25, 0.3) is 0 Å². The standard InChI is InChI=1S/C16H20ClNO2S/c1-3-21-11-12(2)18-16(20)14-8-7-13(15(17)10-14)6-4-5-9-19/h7-8,10,12,19H,3,5,9,11H2,1-2H3,(H,18,20). The quantitative estimate of drug-likeness (QED) is 0.791. The lowest BCUT2D eigenvalue weighted by atomic mass is 10.1. The first kappa shape index (κ1) is 17.9. The number of hydrogen-bond donors (Lipinski definition) is 2. The van der Waals surface area contributed by atoms with E-state index in [1.807, 2.05) is 6.92 Å². The number of hydrogen-bond acceptors (Lipinski definition) is 3. The number of benzene rings is 1. The number of carbonyl (C=O) groups is 1. The summed E-state index contributed by atoms with van der Waals surface area (Å²) in [4.78, 5) is 12.1. The number of amides is 1. The van der Waals surface area contributed by atoms with Crippen LogP contribution in [-0.4, -0.2) is 35.2 Å². The molecule has 0 aliphatic heterocycles. The van der Waals surface area contributed by atoms with Gasteiger partial charge in [-0.1, -0.05) is 30.4 Å². The zero-order chi connectivity index (χ0) is 15.7. The van der Waals surface area contributed by atoms with Crippen molar-refractivity contribution in [2.75, 3.05) is 18.1 Å². The van der Waals surface area contributed by atoms with E-state index < -0.39 is 0 Å². The molecule has 1 atom stereocenters. The molecule has 0 aliphatic carbocycles. The molecule has 0 bridgehead atoms. The van der Waals surface area contributed by atoms with Gasteiger partial charge in [-0.25, -0.2) is 0 Å². The van der Waals surface area contributed by atoms with E-state index in [4.69, 9.17) is 16.7 Å². The van der Waals surface area contributed by atoms with Gasteiger partial charge in [-0.05, 0) is 30.9 Å². The Labute approximate surface area is 135 Å². The summed E-state index contributed by atoms with van der Waals surface area (Å²) in [7, 11) is 0. The van der Waals surface area contributed by atoms with E-state index in [-0.39, 0.29) is 18.6 Å². The van der Waals surface area contributed by atoms with Crippen molar-refractivity contribution >= 4 is 29.3 Å². The summed E-state index contributed by atoms with van der Waals surface area (Å²) in [5.74, 6) is 7.48. The van der Waals surface area contributed by atoms with Crippen LogP contribution in [-0.2, 0) is 0 Å². The van der Waals surface area contributed by atoms with Crippen LogP contribution in [0.5, 0.6) is 0 Å². The number of aliphatic hydroxyl groups excluding tert-OH is 1. The molecule has 1 amide bonds. The highest BCUT2D eigenvalue weighted by Gasteiger charge is 2.11. The lowest BCUT2D eigenvalue weighted by Gasteiger charge is -2.13. The van der Waals surface area contributed by atoms with Gasteiger partial charge in [0.15, 0.2) is 0 Å². The molecule has 0 heterocycles. The minimum absolute atomic E-state index is 0.0266. The van der Waals surface area contributed by atoms with Crippen molar-refractivity contribution in [1.29, 1.82) is 0 Å². The smallest absolute Gasteiger partial charge is 0.251 e. The molecular formula is C16H20ClNO2S. The Balaban J connectivity index is 2.70. The molecule has 0 radical (unpaired) electrons. The summed E-state index contributed by atoms with van der Waals surface area (Å²) in [6.07, 6.45) is 0.408. The summed E-state index contributed by atoms with van der Waals surface area (Å²) in [5.41, 5.74) is 1.19. The Kier molecular flexibility index (Phi) is 8.29. The average Bonchev–Trinajstić information content (AvgIpc) is 2.46. The molecule has 1 aromatic rings. The minimum atomic E-state index is -0.129. The molecule has 0 spiro atoms. The van der Waals surface area contributed by atoms with E-state index in [2.05, 4.69) is 24.1 Å². The second-order valence-electron chi connectivity index (χ2n) is 4.50. The van der Waals surface area contributed by atoms with Gasteiger partial charge in [-0.3, -0.25) is 4.79 Å². The third-order valence-corrected chi connectivity index (χ3v) is 4.10. The van der Waals surface area contributed by atoms with Crippen molar-refractivity contribution in [3.8, 4) is 11.8 Å². The van der Waals surface area contributed by atoms with Crippen molar-refractivity contribution in [3.63, 3.8) is 0 Å². The summed E-state index contributed by atoms with van der Waals surface area (Å²) in [6, 6.07) is 5.18. The molecule has 0 saturated carbocycles. The second-order valence-corrected chi connectivity index (χ2v) is 6.23. The number of thioether (sulfide) groups is 1. The van der Waals surface area contributed by atoms with Crippen LogP contribution < -0.4 is 5.32 Å². The number of carbonyl (C=O) groups excluding carboxylic acids is 1. The Morgan fingerprint density at radius 3 is 2.90 bits per heavy atom. The third-order valence-electron chi connectivity index (χ3n) is 2.64. The van der Waals surface area contributed by atoms with Gasteiger partial charge in [-0.15, -0.1) is 0 Å². The number of halogens is 1. The normalized spacial score (nSPS) is 11.4. The van der Waals surface area contributed by atoms with E-state index in [9.17, 15) is 4.79 Å². The fraction of sp³-hybridized carbons (Fsp3) is 0.438. The van der Waals surface area contributed by atoms with Crippen molar-refractivity contribution < 1.29 is 9.90 Å².